The van der Waals surface area contributed by atoms with Crippen LogP contribution in [0.25, 0.3) is 0 Å². The first kappa shape index (κ1) is 11.7. The van der Waals surface area contributed by atoms with Gasteiger partial charge in [0.15, 0.2) is 0 Å². The first-order valence-electron chi connectivity index (χ1n) is 4.60. The van der Waals surface area contributed by atoms with E-state index in [9.17, 15) is 4.79 Å². The quantitative estimate of drug-likeness (QED) is 0.789. The molecule has 4 heteroatoms. The van der Waals surface area contributed by atoms with Crippen molar-refractivity contribution in [1.29, 1.82) is 5.26 Å². The Labute approximate surface area is 97.4 Å². The Morgan fingerprint density at radius 2 is 2.07 bits per heavy atom. The molecule has 0 aliphatic heterocycles. The Hall–Kier alpha value is -1.34. The molecule has 1 amide bonds. The van der Waals surface area contributed by atoms with E-state index in [-0.39, 0.29) is 12.5 Å². The summed E-state index contributed by atoms with van der Waals surface area (Å²) in [5, 5.41) is 8.56. The zero-order chi connectivity index (χ0) is 11.3. The van der Waals surface area contributed by atoms with Gasteiger partial charge in [0.05, 0.1) is 6.07 Å². The van der Waals surface area contributed by atoms with Gasteiger partial charge in [-0.05, 0) is 31.2 Å². The lowest BCUT2D eigenvalue weighted by Crippen LogP contribution is -2.31. The topological polar surface area (TPSA) is 44.1 Å². The maximum atomic E-state index is 11.8. The molecule has 15 heavy (non-hydrogen) atoms. The van der Waals surface area contributed by atoms with Crippen molar-refractivity contribution in [3.63, 3.8) is 0 Å². The first-order valence-corrected chi connectivity index (χ1v) is 5.40. The van der Waals surface area contributed by atoms with E-state index in [1.165, 1.54) is 4.90 Å². The predicted molar refractivity (Wildman–Crippen MR) is 61.3 cm³/mol. The van der Waals surface area contributed by atoms with Gasteiger partial charge in [0.25, 0.3) is 5.91 Å². The van der Waals surface area contributed by atoms with Crippen LogP contribution in [0.15, 0.2) is 28.7 Å². The number of benzene rings is 1. The lowest BCUT2D eigenvalue weighted by Gasteiger charge is -2.16. The zero-order valence-electron chi connectivity index (χ0n) is 8.40. The summed E-state index contributed by atoms with van der Waals surface area (Å²) in [6.07, 6.45) is 0. The molecule has 1 aromatic rings. The molecule has 0 radical (unpaired) electrons. The Morgan fingerprint density at radius 3 is 2.53 bits per heavy atom. The standard InChI is InChI=1S/C11H11BrN2O/c1-2-14(8-7-13)11(15)9-3-5-10(12)6-4-9/h3-6H,2,8H2,1H3. The molecular weight excluding hydrogens is 256 g/mol. The van der Waals surface area contributed by atoms with Crippen LogP contribution in [0.4, 0.5) is 0 Å². The summed E-state index contributed by atoms with van der Waals surface area (Å²) >= 11 is 3.30. The number of hydrogen-bond acceptors (Lipinski definition) is 2. The van der Waals surface area contributed by atoms with Gasteiger partial charge in [-0.15, -0.1) is 0 Å². The smallest absolute Gasteiger partial charge is 0.254 e. The Bertz CT molecular complexity index is 381. The summed E-state index contributed by atoms with van der Waals surface area (Å²) in [7, 11) is 0. The third kappa shape index (κ3) is 3.07. The van der Waals surface area contributed by atoms with E-state index in [2.05, 4.69) is 15.9 Å². The van der Waals surface area contributed by atoms with Crippen molar-refractivity contribution in [2.24, 2.45) is 0 Å². The second-order valence-electron chi connectivity index (χ2n) is 2.98. The van der Waals surface area contributed by atoms with Crippen LogP contribution in [-0.2, 0) is 0 Å². The molecule has 0 heterocycles. The van der Waals surface area contributed by atoms with Crippen molar-refractivity contribution in [2.75, 3.05) is 13.1 Å². The van der Waals surface area contributed by atoms with Crippen LogP contribution in [0.3, 0.4) is 0 Å². The largest absolute Gasteiger partial charge is 0.326 e. The molecule has 0 bridgehead atoms. The molecule has 78 valence electrons. The molecule has 0 saturated heterocycles. The zero-order valence-corrected chi connectivity index (χ0v) is 9.99. The lowest BCUT2D eigenvalue weighted by molar-refractivity contribution is 0.0784. The molecule has 0 aromatic heterocycles. The maximum absolute atomic E-state index is 11.8. The van der Waals surface area contributed by atoms with Gasteiger partial charge in [-0.1, -0.05) is 15.9 Å². The number of carbonyl (C=O) groups is 1. The van der Waals surface area contributed by atoms with E-state index in [1.54, 1.807) is 12.1 Å². The summed E-state index contributed by atoms with van der Waals surface area (Å²) in [5.41, 5.74) is 0.607. The van der Waals surface area contributed by atoms with Crippen LogP contribution in [0.2, 0.25) is 0 Å². The van der Waals surface area contributed by atoms with Crippen LogP contribution in [-0.4, -0.2) is 23.9 Å². The summed E-state index contributed by atoms with van der Waals surface area (Å²) in [6.45, 7) is 2.53. The first-order chi connectivity index (χ1) is 7.19. The normalized spacial score (nSPS) is 9.40. The summed E-state index contributed by atoms with van der Waals surface area (Å²) < 4.78 is 0.933. The van der Waals surface area contributed by atoms with E-state index >= 15 is 0 Å². The molecule has 0 fully saturated rings. The summed E-state index contributed by atoms with van der Waals surface area (Å²) in [6, 6.07) is 9.09. The van der Waals surface area contributed by atoms with Gasteiger partial charge in [-0.3, -0.25) is 4.79 Å². The SMILES string of the molecule is CCN(CC#N)C(=O)c1ccc(Br)cc1. The molecule has 1 rings (SSSR count). The Morgan fingerprint density at radius 1 is 1.47 bits per heavy atom. The van der Waals surface area contributed by atoms with Gasteiger partial charge in [0.1, 0.15) is 6.54 Å². The average Bonchev–Trinajstić information content (AvgIpc) is 2.26. The maximum Gasteiger partial charge on any atom is 0.254 e. The summed E-state index contributed by atoms with van der Waals surface area (Å²) in [4.78, 5) is 13.3. The fourth-order valence-corrected chi connectivity index (χ4v) is 1.45. The van der Waals surface area contributed by atoms with Crippen LogP contribution < -0.4 is 0 Å². The highest BCUT2D eigenvalue weighted by Crippen LogP contribution is 2.12. The van der Waals surface area contributed by atoms with E-state index in [4.69, 9.17) is 5.26 Å². The molecular formula is C11H11BrN2O. The highest BCUT2D eigenvalue weighted by Gasteiger charge is 2.12. The molecule has 0 N–H and O–H groups in total. The van der Waals surface area contributed by atoms with Crippen molar-refractivity contribution in [1.82, 2.24) is 4.90 Å². The fraction of sp³-hybridized carbons (Fsp3) is 0.273. The fourth-order valence-electron chi connectivity index (χ4n) is 1.19. The third-order valence-corrected chi connectivity index (χ3v) is 2.55. The number of halogens is 1. The molecule has 0 saturated carbocycles. The van der Waals surface area contributed by atoms with Gasteiger partial charge < -0.3 is 4.90 Å². The van der Waals surface area contributed by atoms with Crippen LogP contribution >= 0.6 is 15.9 Å². The highest BCUT2D eigenvalue weighted by molar-refractivity contribution is 9.10. The van der Waals surface area contributed by atoms with Crippen molar-refractivity contribution >= 4 is 21.8 Å². The van der Waals surface area contributed by atoms with Gasteiger partial charge in [0, 0.05) is 16.6 Å². The van der Waals surface area contributed by atoms with Crippen molar-refractivity contribution in [3.8, 4) is 6.07 Å². The highest BCUT2D eigenvalue weighted by atomic mass is 79.9. The van der Waals surface area contributed by atoms with Crippen LogP contribution in [0.5, 0.6) is 0 Å². The van der Waals surface area contributed by atoms with E-state index in [0.717, 1.165) is 4.47 Å². The minimum Gasteiger partial charge on any atom is -0.326 e. The molecule has 1 aromatic carbocycles. The Kier molecular flexibility index (Phi) is 4.32. The monoisotopic (exact) mass is 266 g/mol. The lowest BCUT2D eigenvalue weighted by atomic mass is 10.2. The van der Waals surface area contributed by atoms with Crippen LogP contribution in [0, 0.1) is 11.3 Å². The third-order valence-electron chi connectivity index (χ3n) is 2.02. The number of carbonyl (C=O) groups excluding carboxylic acids is 1. The number of nitrogens with zero attached hydrogens (tertiary/aromatic N) is 2. The second kappa shape index (κ2) is 5.52. The number of hydrogen-bond donors (Lipinski definition) is 0. The van der Waals surface area contributed by atoms with Gasteiger partial charge in [0.2, 0.25) is 0 Å². The molecule has 0 aliphatic carbocycles. The van der Waals surface area contributed by atoms with E-state index in [1.807, 2.05) is 25.1 Å². The average molecular weight is 267 g/mol. The van der Waals surface area contributed by atoms with E-state index in [0.29, 0.717) is 12.1 Å². The van der Waals surface area contributed by atoms with Gasteiger partial charge in [-0.2, -0.15) is 5.26 Å². The number of rotatable bonds is 3. The van der Waals surface area contributed by atoms with Gasteiger partial charge >= 0.3 is 0 Å². The summed E-state index contributed by atoms with van der Waals surface area (Å²) in [5.74, 6) is -0.105. The second-order valence-corrected chi connectivity index (χ2v) is 3.90. The number of amides is 1. The van der Waals surface area contributed by atoms with Crippen LogP contribution in [0.1, 0.15) is 17.3 Å². The van der Waals surface area contributed by atoms with Crippen molar-refractivity contribution in [2.45, 2.75) is 6.92 Å². The molecule has 0 spiro atoms. The predicted octanol–water partition coefficient (Wildman–Crippen LogP) is 2.43. The minimum atomic E-state index is -0.105. The molecule has 0 atom stereocenters. The Balaban J connectivity index is 2.84. The molecule has 0 unspecified atom stereocenters. The van der Waals surface area contributed by atoms with Gasteiger partial charge in [-0.25, -0.2) is 0 Å². The minimum absolute atomic E-state index is 0.105. The molecule has 3 nitrogen and oxygen atoms in total. The van der Waals surface area contributed by atoms with Crippen molar-refractivity contribution in [3.05, 3.63) is 34.3 Å². The number of nitriles is 1. The van der Waals surface area contributed by atoms with Crippen molar-refractivity contribution < 1.29 is 4.79 Å². The van der Waals surface area contributed by atoms with E-state index < -0.39 is 0 Å². The molecule has 0 aliphatic rings.